The van der Waals surface area contributed by atoms with Gasteiger partial charge >= 0.3 is 0 Å². The van der Waals surface area contributed by atoms with Crippen LogP contribution in [0.15, 0.2) is 18.2 Å². The SMILES string of the molecule is N#C[C@@H]1C(=O)NC(=O)[C@H](C#N)C1c1ccc(Cl)c(Cl)c1. The Labute approximate surface area is 124 Å². The fourth-order valence-electron chi connectivity index (χ4n) is 2.18. The Morgan fingerprint density at radius 2 is 1.55 bits per heavy atom. The van der Waals surface area contributed by atoms with Crippen LogP contribution in [0.2, 0.25) is 10.0 Å². The Morgan fingerprint density at radius 3 is 2.00 bits per heavy atom. The van der Waals surface area contributed by atoms with Crippen LogP contribution in [-0.2, 0) is 9.59 Å². The number of halogens is 2. The van der Waals surface area contributed by atoms with Crippen molar-refractivity contribution >= 4 is 35.0 Å². The van der Waals surface area contributed by atoms with Gasteiger partial charge in [-0.2, -0.15) is 10.5 Å². The van der Waals surface area contributed by atoms with Gasteiger partial charge in [0.2, 0.25) is 11.8 Å². The van der Waals surface area contributed by atoms with Crippen LogP contribution < -0.4 is 5.32 Å². The second-order valence-corrected chi connectivity index (χ2v) is 5.08. The van der Waals surface area contributed by atoms with Gasteiger partial charge in [-0.05, 0) is 17.7 Å². The van der Waals surface area contributed by atoms with Crippen molar-refractivity contribution in [2.24, 2.45) is 11.8 Å². The minimum absolute atomic E-state index is 0.232. The molecule has 7 heteroatoms. The number of nitrogens with zero attached hydrogens (tertiary/aromatic N) is 2. The van der Waals surface area contributed by atoms with Gasteiger partial charge in [-0.25, -0.2) is 0 Å². The van der Waals surface area contributed by atoms with Crippen LogP contribution in [0.4, 0.5) is 0 Å². The number of nitriles is 2. The molecular formula is C13H7Cl2N3O2. The topological polar surface area (TPSA) is 93.8 Å². The lowest BCUT2D eigenvalue weighted by Crippen LogP contribution is -2.49. The number of imide groups is 1. The summed E-state index contributed by atoms with van der Waals surface area (Å²) in [6.07, 6.45) is 0. The summed E-state index contributed by atoms with van der Waals surface area (Å²) in [5.41, 5.74) is 0.459. The van der Waals surface area contributed by atoms with Crippen LogP contribution >= 0.6 is 23.2 Å². The first kappa shape index (κ1) is 14.3. The van der Waals surface area contributed by atoms with Crippen molar-refractivity contribution < 1.29 is 9.59 Å². The largest absolute Gasteiger partial charge is 0.294 e. The van der Waals surface area contributed by atoms with Gasteiger partial charge in [-0.1, -0.05) is 29.3 Å². The van der Waals surface area contributed by atoms with Gasteiger partial charge in [0, 0.05) is 5.92 Å². The zero-order valence-corrected chi connectivity index (χ0v) is 11.4. The molecule has 0 spiro atoms. The van der Waals surface area contributed by atoms with Gasteiger partial charge in [0.25, 0.3) is 0 Å². The highest BCUT2D eigenvalue weighted by Crippen LogP contribution is 2.37. The van der Waals surface area contributed by atoms with Crippen molar-refractivity contribution in [1.82, 2.24) is 5.32 Å². The number of amides is 2. The van der Waals surface area contributed by atoms with E-state index in [0.717, 1.165) is 0 Å². The van der Waals surface area contributed by atoms with Crippen molar-refractivity contribution in [2.45, 2.75) is 5.92 Å². The first-order chi connectivity index (χ1) is 9.49. The Balaban J connectivity index is 2.55. The molecule has 100 valence electrons. The van der Waals surface area contributed by atoms with E-state index in [4.69, 9.17) is 33.7 Å². The van der Waals surface area contributed by atoms with Gasteiger partial charge in [0.15, 0.2) is 0 Å². The van der Waals surface area contributed by atoms with E-state index in [1.165, 1.54) is 12.1 Å². The Hall–Kier alpha value is -2.08. The first-order valence-corrected chi connectivity index (χ1v) is 6.34. The van der Waals surface area contributed by atoms with E-state index in [0.29, 0.717) is 10.6 Å². The van der Waals surface area contributed by atoms with Gasteiger partial charge in [0.1, 0.15) is 11.8 Å². The summed E-state index contributed by atoms with van der Waals surface area (Å²) >= 11 is 11.7. The summed E-state index contributed by atoms with van der Waals surface area (Å²) in [4.78, 5) is 23.4. The highest BCUT2D eigenvalue weighted by Gasteiger charge is 2.45. The van der Waals surface area contributed by atoms with E-state index in [-0.39, 0.29) is 5.02 Å². The smallest absolute Gasteiger partial charge is 0.244 e. The molecule has 1 fully saturated rings. The fraction of sp³-hybridized carbons (Fsp3) is 0.231. The number of rotatable bonds is 1. The number of nitrogens with one attached hydrogen (secondary N) is 1. The quantitative estimate of drug-likeness (QED) is 0.803. The standard InChI is InChI=1S/C13H7Cl2N3O2/c14-9-2-1-6(3-10(9)15)11-7(4-16)12(19)18-13(20)8(11)5-17/h1-3,7-8,11H,(H,18,19,20)/t7-,8+,11?. The molecule has 0 aromatic heterocycles. The normalized spacial score (nSPS) is 25.5. The molecule has 1 N–H and O–H groups in total. The second kappa shape index (κ2) is 5.50. The number of carbonyl (C=O) groups is 2. The van der Waals surface area contributed by atoms with Crippen LogP contribution in [-0.4, -0.2) is 11.8 Å². The van der Waals surface area contributed by atoms with Gasteiger partial charge in [0.05, 0.1) is 22.2 Å². The minimum atomic E-state index is -1.13. The summed E-state index contributed by atoms with van der Waals surface area (Å²) in [5.74, 6) is -4.54. The minimum Gasteiger partial charge on any atom is -0.294 e. The molecule has 0 aliphatic carbocycles. The lowest BCUT2D eigenvalue weighted by atomic mass is 9.74. The summed E-state index contributed by atoms with van der Waals surface area (Å²) < 4.78 is 0. The summed E-state index contributed by atoms with van der Waals surface area (Å²) in [6.45, 7) is 0. The van der Waals surface area contributed by atoms with Crippen LogP contribution in [0.25, 0.3) is 0 Å². The molecule has 2 amide bonds. The average molecular weight is 308 g/mol. The predicted octanol–water partition coefficient (Wildman–Crippen LogP) is 2.01. The molecule has 0 saturated carbocycles. The number of carbonyl (C=O) groups excluding carboxylic acids is 2. The second-order valence-electron chi connectivity index (χ2n) is 4.27. The van der Waals surface area contributed by atoms with Crippen molar-refractivity contribution in [3.8, 4) is 12.1 Å². The first-order valence-electron chi connectivity index (χ1n) is 5.58. The molecule has 1 aromatic rings. The van der Waals surface area contributed by atoms with E-state index in [2.05, 4.69) is 0 Å². The summed E-state index contributed by atoms with van der Waals surface area (Å²) in [5, 5.41) is 20.8. The lowest BCUT2D eigenvalue weighted by Gasteiger charge is -2.29. The molecule has 1 aliphatic rings. The average Bonchev–Trinajstić information content (AvgIpc) is 2.41. The Bertz CT molecular complexity index is 643. The van der Waals surface area contributed by atoms with E-state index in [1.54, 1.807) is 6.07 Å². The van der Waals surface area contributed by atoms with Crippen molar-refractivity contribution in [3.05, 3.63) is 33.8 Å². The van der Waals surface area contributed by atoms with Crippen molar-refractivity contribution in [1.29, 1.82) is 10.5 Å². The van der Waals surface area contributed by atoms with Crippen LogP contribution in [0.5, 0.6) is 0 Å². The molecule has 20 heavy (non-hydrogen) atoms. The highest BCUT2D eigenvalue weighted by atomic mass is 35.5. The summed E-state index contributed by atoms with van der Waals surface area (Å²) in [7, 11) is 0. The van der Waals surface area contributed by atoms with Gasteiger partial charge in [-0.3, -0.25) is 14.9 Å². The maximum Gasteiger partial charge on any atom is 0.244 e. The van der Waals surface area contributed by atoms with Gasteiger partial charge in [-0.15, -0.1) is 0 Å². The third-order valence-electron chi connectivity index (χ3n) is 3.14. The van der Waals surface area contributed by atoms with Crippen molar-refractivity contribution in [3.63, 3.8) is 0 Å². The molecule has 1 aliphatic heterocycles. The van der Waals surface area contributed by atoms with E-state index in [1.807, 2.05) is 17.5 Å². The number of hydrogen-bond donors (Lipinski definition) is 1. The third kappa shape index (κ3) is 2.34. The Kier molecular flexibility index (Phi) is 3.94. The fourth-order valence-corrected chi connectivity index (χ4v) is 2.48. The monoisotopic (exact) mass is 307 g/mol. The maximum atomic E-state index is 11.7. The molecule has 1 unspecified atom stereocenters. The zero-order valence-electron chi connectivity index (χ0n) is 9.93. The third-order valence-corrected chi connectivity index (χ3v) is 3.88. The molecule has 0 radical (unpaired) electrons. The lowest BCUT2D eigenvalue weighted by molar-refractivity contribution is -0.137. The number of hydrogen-bond acceptors (Lipinski definition) is 4. The Morgan fingerprint density at radius 1 is 1.00 bits per heavy atom. The van der Waals surface area contributed by atoms with Crippen LogP contribution in [0, 0.1) is 34.5 Å². The number of piperidine rings is 1. The van der Waals surface area contributed by atoms with Crippen LogP contribution in [0.3, 0.4) is 0 Å². The number of benzene rings is 1. The van der Waals surface area contributed by atoms with Gasteiger partial charge < -0.3 is 0 Å². The summed E-state index contributed by atoms with van der Waals surface area (Å²) in [6, 6.07) is 8.18. The zero-order chi connectivity index (χ0) is 14.9. The molecule has 2 rings (SSSR count). The van der Waals surface area contributed by atoms with Crippen LogP contribution in [0.1, 0.15) is 11.5 Å². The predicted molar refractivity (Wildman–Crippen MR) is 70.6 cm³/mol. The molecule has 5 nitrogen and oxygen atoms in total. The van der Waals surface area contributed by atoms with E-state index >= 15 is 0 Å². The highest BCUT2D eigenvalue weighted by molar-refractivity contribution is 6.42. The molecule has 1 saturated heterocycles. The molecular weight excluding hydrogens is 301 g/mol. The molecule has 3 atom stereocenters. The maximum absolute atomic E-state index is 11.7. The van der Waals surface area contributed by atoms with Crippen molar-refractivity contribution in [2.75, 3.05) is 0 Å². The van der Waals surface area contributed by atoms with E-state index in [9.17, 15) is 9.59 Å². The molecule has 1 aromatic carbocycles. The molecule has 0 bridgehead atoms. The van der Waals surface area contributed by atoms with E-state index < -0.39 is 29.6 Å². The molecule has 1 heterocycles.